The zero-order valence-electron chi connectivity index (χ0n) is 7.06. The number of aromatic nitrogens is 1. The van der Waals surface area contributed by atoms with Gasteiger partial charge in [-0.25, -0.2) is 4.39 Å². The summed E-state index contributed by atoms with van der Waals surface area (Å²) < 4.78 is 14.1. The molecule has 2 rings (SSSR count). The minimum atomic E-state index is -0.205. The van der Waals surface area contributed by atoms with E-state index in [1.165, 1.54) is 6.07 Å². The van der Waals surface area contributed by atoms with E-state index in [-0.39, 0.29) is 11.7 Å². The molecule has 2 heterocycles. The molecule has 70 valence electrons. The van der Waals surface area contributed by atoms with Crippen molar-refractivity contribution in [1.29, 1.82) is 0 Å². The second-order valence-corrected chi connectivity index (χ2v) is 4.13. The number of nitrogens with zero attached hydrogens (tertiary/aromatic N) is 1. The Morgan fingerprint density at radius 3 is 3.08 bits per heavy atom. The van der Waals surface area contributed by atoms with Gasteiger partial charge in [0.2, 0.25) is 0 Å². The molecule has 0 aliphatic carbocycles. The van der Waals surface area contributed by atoms with Crippen LogP contribution in [0.2, 0.25) is 0 Å². The van der Waals surface area contributed by atoms with Crippen molar-refractivity contribution in [1.82, 2.24) is 10.3 Å². The molecule has 1 fully saturated rings. The van der Waals surface area contributed by atoms with Crippen molar-refractivity contribution in [3.05, 3.63) is 28.2 Å². The molecule has 13 heavy (non-hydrogen) atoms. The fraction of sp³-hybridized carbons (Fsp3) is 0.444. The summed E-state index contributed by atoms with van der Waals surface area (Å²) in [6.45, 7) is 1.80. The molecule has 0 spiro atoms. The lowest BCUT2D eigenvalue weighted by Gasteiger charge is -2.08. The molecule has 1 aromatic heterocycles. The first-order valence-electron chi connectivity index (χ1n) is 4.29. The monoisotopic (exact) mass is 244 g/mol. The number of hydrogen-bond donors (Lipinski definition) is 1. The Labute approximate surface area is 84.7 Å². The third kappa shape index (κ3) is 1.89. The summed E-state index contributed by atoms with van der Waals surface area (Å²) in [7, 11) is 0. The highest BCUT2D eigenvalue weighted by Crippen LogP contribution is 2.24. The van der Waals surface area contributed by atoms with E-state index in [2.05, 4.69) is 26.2 Å². The van der Waals surface area contributed by atoms with Crippen molar-refractivity contribution < 1.29 is 4.39 Å². The smallest absolute Gasteiger partial charge is 0.146 e. The largest absolute Gasteiger partial charge is 0.316 e. The average molecular weight is 245 g/mol. The van der Waals surface area contributed by atoms with Crippen LogP contribution in [0.15, 0.2) is 16.7 Å². The van der Waals surface area contributed by atoms with E-state index in [1.807, 2.05) is 0 Å². The molecular formula is C9H10BrFN2. The topological polar surface area (TPSA) is 24.9 Å². The zero-order chi connectivity index (χ0) is 9.26. The summed E-state index contributed by atoms with van der Waals surface area (Å²) in [4.78, 5) is 4.10. The molecular weight excluding hydrogens is 235 g/mol. The van der Waals surface area contributed by atoms with Crippen LogP contribution >= 0.6 is 15.9 Å². The number of pyridine rings is 1. The van der Waals surface area contributed by atoms with E-state index < -0.39 is 0 Å². The molecule has 0 aromatic carbocycles. The van der Waals surface area contributed by atoms with Crippen LogP contribution in [0.3, 0.4) is 0 Å². The van der Waals surface area contributed by atoms with Crippen LogP contribution in [0.5, 0.6) is 0 Å². The summed E-state index contributed by atoms with van der Waals surface area (Å²) in [6, 6.07) is 1.47. The van der Waals surface area contributed by atoms with Gasteiger partial charge in [-0.2, -0.15) is 0 Å². The maximum Gasteiger partial charge on any atom is 0.146 e. The predicted molar refractivity (Wildman–Crippen MR) is 52.1 cm³/mol. The fourth-order valence-electron chi connectivity index (χ4n) is 1.61. The van der Waals surface area contributed by atoms with Crippen LogP contribution in [-0.4, -0.2) is 18.1 Å². The molecule has 1 unspecified atom stereocenters. The molecule has 0 amide bonds. The maximum atomic E-state index is 13.4. The van der Waals surface area contributed by atoms with Crippen LogP contribution in [0.1, 0.15) is 18.0 Å². The highest BCUT2D eigenvalue weighted by Gasteiger charge is 2.21. The van der Waals surface area contributed by atoms with E-state index >= 15 is 0 Å². The van der Waals surface area contributed by atoms with Gasteiger partial charge in [-0.15, -0.1) is 0 Å². The molecule has 0 radical (unpaired) electrons. The van der Waals surface area contributed by atoms with Gasteiger partial charge in [-0.05, 0) is 35.0 Å². The van der Waals surface area contributed by atoms with Crippen molar-refractivity contribution in [2.24, 2.45) is 0 Å². The quantitative estimate of drug-likeness (QED) is 0.819. The predicted octanol–water partition coefficient (Wildman–Crippen LogP) is 2.06. The molecule has 4 heteroatoms. The Hall–Kier alpha value is -0.480. The maximum absolute atomic E-state index is 13.4. The highest BCUT2D eigenvalue weighted by atomic mass is 79.9. The third-order valence-corrected chi connectivity index (χ3v) is 2.72. The van der Waals surface area contributed by atoms with Crippen molar-refractivity contribution in [3.8, 4) is 0 Å². The minimum Gasteiger partial charge on any atom is -0.316 e. The Morgan fingerprint density at radius 2 is 2.46 bits per heavy atom. The van der Waals surface area contributed by atoms with Crippen molar-refractivity contribution in [2.45, 2.75) is 12.3 Å². The third-order valence-electron chi connectivity index (χ3n) is 2.28. The van der Waals surface area contributed by atoms with Gasteiger partial charge in [-0.3, -0.25) is 4.98 Å². The Bertz CT molecular complexity index is 310. The molecule has 1 atom stereocenters. The normalized spacial score (nSPS) is 22.2. The van der Waals surface area contributed by atoms with E-state index in [1.54, 1.807) is 6.20 Å². The van der Waals surface area contributed by atoms with Gasteiger partial charge >= 0.3 is 0 Å². The molecule has 0 saturated carbocycles. The van der Waals surface area contributed by atoms with Gasteiger partial charge in [0, 0.05) is 23.1 Å². The molecule has 1 N–H and O–H groups in total. The lowest BCUT2D eigenvalue weighted by atomic mass is 10.0. The first kappa shape index (κ1) is 9.09. The van der Waals surface area contributed by atoms with Gasteiger partial charge in [0.15, 0.2) is 0 Å². The van der Waals surface area contributed by atoms with E-state index in [9.17, 15) is 4.39 Å². The van der Waals surface area contributed by atoms with Gasteiger partial charge in [-0.1, -0.05) is 0 Å². The van der Waals surface area contributed by atoms with Crippen LogP contribution in [-0.2, 0) is 0 Å². The second kappa shape index (κ2) is 3.72. The summed E-state index contributed by atoms with van der Waals surface area (Å²) in [5.74, 6) is 0.0381. The molecule has 1 aliphatic rings. The molecule has 1 saturated heterocycles. The summed E-state index contributed by atoms with van der Waals surface area (Å²) in [5.41, 5.74) is 0.591. The van der Waals surface area contributed by atoms with Crippen LogP contribution in [0.4, 0.5) is 4.39 Å². The summed E-state index contributed by atoms with van der Waals surface area (Å²) >= 11 is 3.19. The van der Waals surface area contributed by atoms with E-state index in [4.69, 9.17) is 0 Å². The van der Waals surface area contributed by atoms with Gasteiger partial charge in [0.05, 0.1) is 5.69 Å². The highest BCUT2D eigenvalue weighted by molar-refractivity contribution is 9.10. The van der Waals surface area contributed by atoms with Crippen molar-refractivity contribution >= 4 is 15.9 Å². The molecule has 2 nitrogen and oxygen atoms in total. The molecule has 1 aromatic rings. The van der Waals surface area contributed by atoms with Gasteiger partial charge < -0.3 is 5.32 Å². The Kier molecular flexibility index (Phi) is 2.60. The first-order valence-corrected chi connectivity index (χ1v) is 5.08. The fourth-order valence-corrected chi connectivity index (χ4v) is 1.92. The zero-order valence-corrected chi connectivity index (χ0v) is 8.64. The Balaban J connectivity index is 2.29. The first-order chi connectivity index (χ1) is 6.27. The number of hydrogen-bond acceptors (Lipinski definition) is 2. The van der Waals surface area contributed by atoms with Gasteiger partial charge in [0.25, 0.3) is 0 Å². The van der Waals surface area contributed by atoms with Gasteiger partial charge in [0.1, 0.15) is 5.82 Å². The minimum absolute atomic E-state index is 0.205. The lowest BCUT2D eigenvalue weighted by molar-refractivity contribution is 0.572. The van der Waals surface area contributed by atoms with Crippen molar-refractivity contribution in [3.63, 3.8) is 0 Å². The van der Waals surface area contributed by atoms with E-state index in [0.29, 0.717) is 10.2 Å². The summed E-state index contributed by atoms with van der Waals surface area (Å²) in [5, 5.41) is 3.19. The Morgan fingerprint density at radius 1 is 1.62 bits per heavy atom. The van der Waals surface area contributed by atoms with Crippen LogP contribution in [0, 0.1) is 5.82 Å². The van der Waals surface area contributed by atoms with Crippen LogP contribution in [0.25, 0.3) is 0 Å². The number of nitrogens with one attached hydrogen (secondary N) is 1. The van der Waals surface area contributed by atoms with Crippen LogP contribution < -0.4 is 5.32 Å². The standard InChI is InChI=1S/C9H10BrFN2/c10-7-3-8(11)9(13-5-7)6-1-2-12-4-6/h3,5-6,12H,1-2,4H2. The number of halogens is 2. The SMILES string of the molecule is Fc1cc(Br)cnc1C1CCNC1. The lowest BCUT2D eigenvalue weighted by Crippen LogP contribution is -2.10. The second-order valence-electron chi connectivity index (χ2n) is 3.21. The summed E-state index contributed by atoms with van der Waals surface area (Å²) in [6.07, 6.45) is 2.63. The number of rotatable bonds is 1. The average Bonchev–Trinajstić information content (AvgIpc) is 2.56. The molecule has 1 aliphatic heterocycles. The molecule has 0 bridgehead atoms. The van der Waals surface area contributed by atoms with Crippen molar-refractivity contribution in [2.75, 3.05) is 13.1 Å². The van der Waals surface area contributed by atoms with E-state index in [0.717, 1.165) is 19.5 Å².